The van der Waals surface area contributed by atoms with Crippen molar-refractivity contribution in [1.82, 2.24) is 10.6 Å². The van der Waals surface area contributed by atoms with Crippen LogP contribution in [0.4, 0.5) is 0 Å². The van der Waals surface area contributed by atoms with Gasteiger partial charge in [0.1, 0.15) is 17.7 Å². The molecule has 5 N–H and O–H groups in total. The Kier molecular flexibility index (Phi) is 8.91. The van der Waals surface area contributed by atoms with E-state index in [0.29, 0.717) is 24.2 Å². The molecule has 3 saturated carbocycles. The second-order valence-corrected chi connectivity index (χ2v) is 13.2. The number of carbonyl (C=O) groups excluding carboxylic acids is 2. The molecule has 0 aliphatic heterocycles. The molecular formula is C31H45N3O7. The molecule has 41 heavy (non-hydrogen) atoms. The van der Waals surface area contributed by atoms with E-state index in [1.807, 2.05) is 0 Å². The number of hydrogen-bond acceptors (Lipinski definition) is 7. The molecule has 0 aromatic heterocycles. The zero-order chi connectivity index (χ0) is 30.2. The standard InChI is InChI=1S/C31H45N3O7/c1-6-31(40)14-11-23-21-8-7-19-15-20(9-12-29(19,4)22(21)10-13-30(23,31)5)34-41-17-25(36)33-26(18(2)3)27(37)32-24(16-35)28(38)39/h1,15,18,21-24,26,35,40H,7-14,16-17H2,2-5H3,(H,32,37)(H,33,36)(H,38,39). The van der Waals surface area contributed by atoms with Gasteiger partial charge in [-0.25, -0.2) is 4.79 Å². The maximum atomic E-state index is 12.5. The number of terminal acetylenes is 1. The summed E-state index contributed by atoms with van der Waals surface area (Å²) in [6.07, 6.45) is 15.3. The fraction of sp³-hybridized carbons (Fsp3) is 0.742. The largest absolute Gasteiger partial charge is 0.480 e. The zero-order valence-electron chi connectivity index (χ0n) is 24.6. The number of nitrogens with one attached hydrogen (secondary N) is 2. The number of carboxylic acid groups (broad SMARTS) is 1. The van der Waals surface area contributed by atoms with Crippen LogP contribution in [0.3, 0.4) is 0 Å². The Morgan fingerprint density at radius 3 is 2.46 bits per heavy atom. The second-order valence-electron chi connectivity index (χ2n) is 13.2. The van der Waals surface area contributed by atoms with E-state index in [4.69, 9.17) is 21.5 Å². The Hall–Kier alpha value is -2.90. The average Bonchev–Trinajstić information content (AvgIpc) is 3.20. The highest BCUT2D eigenvalue weighted by molar-refractivity contribution is 5.96. The van der Waals surface area contributed by atoms with Gasteiger partial charge in [-0.1, -0.05) is 44.3 Å². The summed E-state index contributed by atoms with van der Waals surface area (Å²) < 4.78 is 0. The number of amides is 2. The van der Waals surface area contributed by atoms with Crippen LogP contribution in [0.2, 0.25) is 0 Å². The Balaban J connectivity index is 1.36. The first-order chi connectivity index (χ1) is 19.3. The van der Waals surface area contributed by atoms with Crippen molar-refractivity contribution >= 4 is 23.5 Å². The number of fused-ring (bicyclic) bond motifs is 5. The summed E-state index contributed by atoms with van der Waals surface area (Å²) in [5, 5.41) is 38.5. The van der Waals surface area contributed by atoms with Gasteiger partial charge in [0.2, 0.25) is 5.91 Å². The van der Waals surface area contributed by atoms with Gasteiger partial charge < -0.3 is 30.8 Å². The van der Waals surface area contributed by atoms with Crippen molar-refractivity contribution in [3.8, 4) is 12.3 Å². The summed E-state index contributed by atoms with van der Waals surface area (Å²) in [5.41, 5.74) is 1.01. The van der Waals surface area contributed by atoms with E-state index >= 15 is 0 Å². The lowest BCUT2D eigenvalue weighted by atomic mass is 9.46. The molecule has 0 aromatic carbocycles. The molecule has 4 aliphatic carbocycles. The number of aliphatic carboxylic acids is 1. The first kappa shape index (κ1) is 31.0. The van der Waals surface area contributed by atoms with Gasteiger partial charge in [0.05, 0.1) is 12.3 Å². The number of hydrogen-bond donors (Lipinski definition) is 5. The quantitative estimate of drug-likeness (QED) is 0.210. The molecule has 0 spiro atoms. The Labute approximate surface area is 242 Å². The van der Waals surface area contributed by atoms with Crippen LogP contribution < -0.4 is 10.6 Å². The van der Waals surface area contributed by atoms with E-state index in [-0.39, 0.29) is 23.4 Å². The number of carboxylic acids is 1. The van der Waals surface area contributed by atoms with Gasteiger partial charge in [-0.05, 0) is 86.5 Å². The number of aliphatic hydroxyl groups is 2. The maximum Gasteiger partial charge on any atom is 0.328 e. The molecule has 10 nitrogen and oxygen atoms in total. The van der Waals surface area contributed by atoms with Crippen LogP contribution in [0.25, 0.3) is 0 Å². The molecule has 8 atom stereocenters. The van der Waals surface area contributed by atoms with Crippen LogP contribution in [-0.2, 0) is 19.2 Å². The van der Waals surface area contributed by atoms with Crippen LogP contribution in [0.5, 0.6) is 0 Å². The highest BCUT2D eigenvalue weighted by atomic mass is 16.6. The van der Waals surface area contributed by atoms with Gasteiger partial charge in [-0.2, -0.15) is 0 Å². The monoisotopic (exact) mass is 571 g/mol. The second kappa shape index (κ2) is 11.8. The normalized spacial score (nSPS) is 36.6. The number of oxime groups is 1. The lowest BCUT2D eigenvalue weighted by molar-refractivity contribution is -0.143. The van der Waals surface area contributed by atoms with E-state index in [1.165, 1.54) is 5.57 Å². The van der Waals surface area contributed by atoms with Crippen molar-refractivity contribution in [1.29, 1.82) is 0 Å². The third-order valence-corrected chi connectivity index (χ3v) is 10.8. The summed E-state index contributed by atoms with van der Waals surface area (Å²) >= 11 is 0. The average molecular weight is 572 g/mol. The fourth-order valence-electron chi connectivity index (χ4n) is 8.27. The summed E-state index contributed by atoms with van der Waals surface area (Å²) in [6.45, 7) is 6.86. The Morgan fingerprint density at radius 2 is 1.83 bits per heavy atom. The summed E-state index contributed by atoms with van der Waals surface area (Å²) in [7, 11) is 0. The number of nitrogens with zero attached hydrogens (tertiary/aromatic N) is 1. The predicted molar refractivity (Wildman–Crippen MR) is 152 cm³/mol. The van der Waals surface area contributed by atoms with Gasteiger partial charge in [0.15, 0.2) is 6.61 Å². The minimum atomic E-state index is -1.45. The van der Waals surface area contributed by atoms with Gasteiger partial charge >= 0.3 is 5.97 Å². The van der Waals surface area contributed by atoms with E-state index in [1.54, 1.807) is 13.8 Å². The SMILES string of the molecule is C#CC1(O)CCC2C3CCC4=CC(=NOCC(=O)NC(C(=O)NC(CO)C(=O)O)C(C)C)CCC4(C)C3CCC21C. The molecule has 0 saturated heterocycles. The summed E-state index contributed by atoms with van der Waals surface area (Å²) in [4.78, 5) is 41.5. The van der Waals surface area contributed by atoms with Crippen LogP contribution in [0.1, 0.15) is 79.1 Å². The maximum absolute atomic E-state index is 12.5. The lowest BCUT2D eigenvalue weighted by Gasteiger charge is -2.58. The third-order valence-electron chi connectivity index (χ3n) is 10.8. The minimum absolute atomic E-state index is 0.0672. The van der Waals surface area contributed by atoms with Gasteiger partial charge in [0.25, 0.3) is 5.91 Å². The van der Waals surface area contributed by atoms with E-state index in [9.17, 15) is 19.5 Å². The highest BCUT2D eigenvalue weighted by Crippen LogP contribution is 2.67. The van der Waals surface area contributed by atoms with Crippen LogP contribution >= 0.6 is 0 Å². The van der Waals surface area contributed by atoms with Crippen molar-refractivity contribution in [3.63, 3.8) is 0 Å². The van der Waals surface area contributed by atoms with Crippen molar-refractivity contribution in [2.45, 2.75) is 96.7 Å². The first-order valence-corrected chi connectivity index (χ1v) is 14.8. The minimum Gasteiger partial charge on any atom is -0.480 e. The number of rotatable bonds is 9. The van der Waals surface area contributed by atoms with E-state index < -0.39 is 42.1 Å². The first-order valence-electron chi connectivity index (χ1n) is 14.8. The molecule has 3 fully saturated rings. The molecule has 0 aromatic rings. The van der Waals surface area contributed by atoms with Gasteiger partial charge in [0, 0.05) is 5.41 Å². The van der Waals surface area contributed by atoms with Crippen molar-refractivity contribution < 1.29 is 34.5 Å². The number of allylic oxidation sites excluding steroid dienone is 2. The summed E-state index contributed by atoms with van der Waals surface area (Å²) in [6, 6.07) is -2.44. The fourth-order valence-corrected chi connectivity index (χ4v) is 8.27. The predicted octanol–water partition coefficient (Wildman–Crippen LogP) is 2.39. The molecule has 4 rings (SSSR count). The molecule has 0 bridgehead atoms. The molecular weight excluding hydrogens is 526 g/mol. The van der Waals surface area contributed by atoms with Crippen LogP contribution in [0.15, 0.2) is 16.8 Å². The molecule has 10 heteroatoms. The molecule has 0 heterocycles. The van der Waals surface area contributed by atoms with Crippen molar-refractivity contribution in [2.75, 3.05) is 13.2 Å². The lowest BCUT2D eigenvalue weighted by Crippen LogP contribution is -2.55. The highest BCUT2D eigenvalue weighted by Gasteiger charge is 2.63. The Bertz CT molecular complexity index is 1160. The molecule has 226 valence electrons. The van der Waals surface area contributed by atoms with Crippen LogP contribution in [0, 0.1) is 46.8 Å². The molecule has 0 radical (unpaired) electrons. The zero-order valence-corrected chi connectivity index (χ0v) is 24.6. The van der Waals surface area contributed by atoms with Crippen molar-refractivity contribution in [2.24, 2.45) is 39.7 Å². The molecule has 4 aliphatic rings. The molecule has 2 amide bonds. The van der Waals surface area contributed by atoms with E-state index in [0.717, 1.165) is 50.7 Å². The van der Waals surface area contributed by atoms with Gasteiger partial charge in [-0.3, -0.25) is 9.59 Å². The van der Waals surface area contributed by atoms with E-state index in [2.05, 4.69) is 41.6 Å². The van der Waals surface area contributed by atoms with Crippen molar-refractivity contribution in [3.05, 3.63) is 11.6 Å². The van der Waals surface area contributed by atoms with Crippen LogP contribution in [-0.4, -0.2) is 69.7 Å². The third kappa shape index (κ3) is 5.63. The van der Waals surface area contributed by atoms with Gasteiger partial charge in [-0.15, -0.1) is 6.42 Å². The number of aliphatic hydroxyl groups excluding tert-OH is 1. The Morgan fingerprint density at radius 1 is 1.12 bits per heavy atom. The number of carbonyl (C=O) groups is 3. The summed E-state index contributed by atoms with van der Waals surface area (Å²) in [5.74, 6) is 1.33. The topological polar surface area (TPSA) is 158 Å². The smallest absolute Gasteiger partial charge is 0.328 e. The molecule has 8 unspecified atom stereocenters.